The predicted molar refractivity (Wildman–Crippen MR) is 73.3 cm³/mol. The van der Waals surface area contributed by atoms with Crippen molar-refractivity contribution in [3.63, 3.8) is 0 Å². The van der Waals surface area contributed by atoms with Gasteiger partial charge in [0.05, 0.1) is 4.92 Å². The Morgan fingerprint density at radius 3 is 2.79 bits per heavy atom. The third-order valence-electron chi connectivity index (χ3n) is 3.33. The average Bonchev–Trinajstić information content (AvgIpc) is 2.89. The highest BCUT2D eigenvalue weighted by Crippen LogP contribution is 2.27. The minimum Gasteiger partial charge on any atom is -0.364 e. The average molecular weight is 265 g/mol. The number of hydrogen-bond donors (Lipinski definition) is 2. The van der Waals surface area contributed by atoms with Crippen LogP contribution in [0.1, 0.15) is 32.6 Å². The van der Waals surface area contributed by atoms with Crippen molar-refractivity contribution in [1.82, 2.24) is 9.97 Å². The van der Waals surface area contributed by atoms with Gasteiger partial charge in [-0.25, -0.2) is 4.98 Å². The molecule has 0 aliphatic heterocycles. The molecule has 2 rings (SSSR count). The van der Waals surface area contributed by atoms with Crippen molar-refractivity contribution in [3.05, 3.63) is 16.3 Å². The van der Waals surface area contributed by atoms with Crippen molar-refractivity contribution in [1.29, 1.82) is 0 Å². The summed E-state index contributed by atoms with van der Waals surface area (Å²) in [4.78, 5) is 18.6. The van der Waals surface area contributed by atoms with Crippen LogP contribution < -0.4 is 10.6 Å². The molecule has 7 heteroatoms. The van der Waals surface area contributed by atoms with Crippen molar-refractivity contribution in [2.45, 2.75) is 32.6 Å². The summed E-state index contributed by atoms with van der Waals surface area (Å²) in [6.07, 6.45) is 6.13. The molecule has 0 amide bonds. The van der Waals surface area contributed by atoms with Crippen LogP contribution in [0, 0.1) is 16.0 Å². The van der Waals surface area contributed by atoms with E-state index >= 15 is 0 Å². The fraction of sp³-hybridized carbons (Fsp3) is 0.667. The molecule has 0 atom stereocenters. The van der Waals surface area contributed by atoms with Gasteiger partial charge in [-0.2, -0.15) is 4.98 Å². The Bertz CT molecular complexity index is 446. The summed E-state index contributed by atoms with van der Waals surface area (Å²) in [6, 6.07) is 0. The number of anilines is 2. The third kappa shape index (κ3) is 3.52. The van der Waals surface area contributed by atoms with Crippen LogP contribution in [0.5, 0.6) is 0 Å². The molecule has 0 spiro atoms. The molecule has 0 saturated heterocycles. The van der Waals surface area contributed by atoms with Gasteiger partial charge in [0, 0.05) is 13.1 Å². The lowest BCUT2D eigenvalue weighted by molar-refractivity contribution is -0.384. The van der Waals surface area contributed by atoms with E-state index < -0.39 is 4.92 Å². The van der Waals surface area contributed by atoms with Crippen LogP contribution in [-0.2, 0) is 0 Å². The Morgan fingerprint density at radius 1 is 1.42 bits per heavy atom. The van der Waals surface area contributed by atoms with E-state index in [9.17, 15) is 10.1 Å². The minimum absolute atomic E-state index is 0.0698. The monoisotopic (exact) mass is 265 g/mol. The molecule has 104 valence electrons. The van der Waals surface area contributed by atoms with Gasteiger partial charge in [0.2, 0.25) is 11.8 Å². The minimum atomic E-state index is -0.452. The van der Waals surface area contributed by atoms with Gasteiger partial charge in [-0.15, -0.1) is 0 Å². The van der Waals surface area contributed by atoms with Crippen molar-refractivity contribution < 1.29 is 4.92 Å². The molecular formula is C12H19N5O2. The summed E-state index contributed by atoms with van der Waals surface area (Å²) < 4.78 is 0. The van der Waals surface area contributed by atoms with Crippen molar-refractivity contribution in [2.75, 3.05) is 23.7 Å². The molecule has 1 aliphatic rings. The molecule has 2 N–H and O–H groups in total. The van der Waals surface area contributed by atoms with E-state index in [-0.39, 0.29) is 5.69 Å². The molecule has 1 aliphatic carbocycles. The van der Waals surface area contributed by atoms with Gasteiger partial charge in [0.15, 0.2) is 0 Å². The van der Waals surface area contributed by atoms with Gasteiger partial charge in [-0.3, -0.25) is 10.1 Å². The molecule has 7 nitrogen and oxygen atoms in total. The molecule has 1 aromatic rings. The SMILES string of the molecule is CCNc1ncc([N+](=O)[O-])c(NCC2CCCC2)n1. The number of nitrogens with zero attached hydrogens (tertiary/aromatic N) is 3. The maximum Gasteiger partial charge on any atom is 0.329 e. The lowest BCUT2D eigenvalue weighted by Gasteiger charge is -2.11. The summed E-state index contributed by atoms with van der Waals surface area (Å²) in [5, 5.41) is 17.0. The van der Waals surface area contributed by atoms with Crippen molar-refractivity contribution in [3.8, 4) is 0 Å². The largest absolute Gasteiger partial charge is 0.364 e. The number of nitro groups is 1. The molecule has 1 saturated carbocycles. The van der Waals surface area contributed by atoms with E-state index in [4.69, 9.17) is 0 Å². The van der Waals surface area contributed by atoms with Crippen LogP contribution in [-0.4, -0.2) is 28.0 Å². The first-order valence-corrected chi connectivity index (χ1v) is 6.70. The molecule has 0 unspecified atom stereocenters. The quantitative estimate of drug-likeness (QED) is 0.606. The highest BCUT2D eigenvalue weighted by molar-refractivity contribution is 5.56. The molecular weight excluding hydrogens is 246 g/mol. The van der Waals surface area contributed by atoms with Crippen LogP contribution in [0.2, 0.25) is 0 Å². The summed E-state index contributed by atoms with van der Waals surface area (Å²) in [5.41, 5.74) is -0.0698. The zero-order chi connectivity index (χ0) is 13.7. The molecule has 1 heterocycles. The summed E-state index contributed by atoms with van der Waals surface area (Å²) in [7, 11) is 0. The van der Waals surface area contributed by atoms with E-state index in [2.05, 4.69) is 20.6 Å². The van der Waals surface area contributed by atoms with Gasteiger partial charge in [-0.05, 0) is 25.7 Å². The Morgan fingerprint density at radius 2 is 2.16 bits per heavy atom. The van der Waals surface area contributed by atoms with Crippen molar-refractivity contribution in [2.24, 2.45) is 5.92 Å². The zero-order valence-electron chi connectivity index (χ0n) is 11.1. The van der Waals surface area contributed by atoms with Crippen LogP contribution in [0.25, 0.3) is 0 Å². The number of hydrogen-bond acceptors (Lipinski definition) is 6. The third-order valence-corrected chi connectivity index (χ3v) is 3.33. The van der Waals surface area contributed by atoms with E-state index in [1.165, 1.54) is 31.9 Å². The van der Waals surface area contributed by atoms with Crippen LogP contribution in [0.3, 0.4) is 0 Å². The van der Waals surface area contributed by atoms with Gasteiger partial charge >= 0.3 is 5.69 Å². The first-order valence-electron chi connectivity index (χ1n) is 6.70. The maximum atomic E-state index is 11.0. The molecule has 0 aromatic carbocycles. The number of rotatable bonds is 6. The van der Waals surface area contributed by atoms with Crippen LogP contribution in [0.4, 0.5) is 17.5 Å². The number of aromatic nitrogens is 2. The van der Waals surface area contributed by atoms with E-state index in [0.717, 1.165) is 6.54 Å². The highest BCUT2D eigenvalue weighted by atomic mass is 16.6. The summed E-state index contributed by atoms with van der Waals surface area (Å²) >= 11 is 0. The smallest absolute Gasteiger partial charge is 0.329 e. The Balaban J connectivity index is 2.09. The van der Waals surface area contributed by atoms with Gasteiger partial charge in [0.1, 0.15) is 6.20 Å². The topological polar surface area (TPSA) is 93.0 Å². The molecule has 1 aromatic heterocycles. The van der Waals surface area contributed by atoms with Crippen molar-refractivity contribution >= 4 is 17.5 Å². The van der Waals surface area contributed by atoms with Gasteiger partial charge < -0.3 is 10.6 Å². The first kappa shape index (κ1) is 13.5. The second-order valence-corrected chi connectivity index (χ2v) is 4.75. The first-order chi connectivity index (χ1) is 9.20. The van der Waals surface area contributed by atoms with E-state index in [1.54, 1.807) is 0 Å². The number of nitrogens with one attached hydrogen (secondary N) is 2. The van der Waals surface area contributed by atoms with Gasteiger partial charge in [-0.1, -0.05) is 12.8 Å². The maximum absolute atomic E-state index is 11.0. The molecule has 1 fully saturated rings. The predicted octanol–water partition coefficient (Wildman–Crippen LogP) is 2.42. The lowest BCUT2D eigenvalue weighted by Crippen LogP contribution is -2.14. The zero-order valence-corrected chi connectivity index (χ0v) is 11.1. The van der Waals surface area contributed by atoms with Crippen LogP contribution >= 0.6 is 0 Å². The highest BCUT2D eigenvalue weighted by Gasteiger charge is 2.20. The Kier molecular flexibility index (Phi) is 4.48. The Labute approximate surface area is 112 Å². The molecule has 0 radical (unpaired) electrons. The molecule has 19 heavy (non-hydrogen) atoms. The summed E-state index contributed by atoms with van der Waals surface area (Å²) in [6.45, 7) is 3.35. The Hall–Kier alpha value is -1.92. The fourth-order valence-electron chi connectivity index (χ4n) is 2.34. The standard InChI is InChI=1S/C12H19N5O2/c1-2-13-12-15-8-10(17(18)19)11(16-12)14-7-9-5-3-4-6-9/h8-9H,2-7H2,1H3,(H2,13,14,15,16). The second kappa shape index (κ2) is 6.31. The van der Waals surface area contributed by atoms with E-state index in [1.807, 2.05) is 6.92 Å². The van der Waals surface area contributed by atoms with Crippen LogP contribution in [0.15, 0.2) is 6.20 Å². The fourth-order valence-corrected chi connectivity index (χ4v) is 2.34. The lowest BCUT2D eigenvalue weighted by atomic mass is 10.1. The summed E-state index contributed by atoms with van der Waals surface area (Å²) in [5.74, 6) is 1.32. The van der Waals surface area contributed by atoms with E-state index in [0.29, 0.717) is 24.2 Å². The normalized spacial score (nSPS) is 15.4. The molecule has 0 bridgehead atoms. The second-order valence-electron chi connectivity index (χ2n) is 4.75. The van der Waals surface area contributed by atoms with Gasteiger partial charge in [0.25, 0.3) is 0 Å².